The monoisotopic (exact) mass is 239 g/mol. The van der Waals surface area contributed by atoms with Crippen LogP contribution in [-0.2, 0) is 9.53 Å². The maximum atomic E-state index is 12.0. The summed E-state index contributed by atoms with van der Waals surface area (Å²) < 4.78 is 5.62. The Labute approximate surface area is 105 Å². The van der Waals surface area contributed by atoms with Gasteiger partial charge in [-0.1, -0.05) is 12.8 Å². The van der Waals surface area contributed by atoms with Crippen molar-refractivity contribution in [2.24, 2.45) is 5.92 Å². The number of carbonyl (C=O) groups is 1. The molecule has 0 aromatic carbocycles. The molecule has 0 spiro atoms. The molecule has 2 aliphatic rings. The highest BCUT2D eigenvalue weighted by Crippen LogP contribution is 2.26. The van der Waals surface area contributed by atoms with E-state index in [1.54, 1.807) is 0 Å². The predicted octanol–water partition coefficient (Wildman–Crippen LogP) is 2.25. The van der Waals surface area contributed by atoms with Crippen LogP contribution in [-0.4, -0.2) is 43.0 Å². The highest BCUT2D eigenvalue weighted by molar-refractivity contribution is 5.83. The third-order valence-corrected chi connectivity index (χ3v) is 4.13. The van der Waals surface area contributed by atoms with Crippen LogP contribution in [0.1, 0.15) is 45.4 Å². The van der Waals surface area contributed by atoms with Crippen molar-refractivity contribution in [1.82, 2.24) is 4.90 Å². The van der Waals surface area contributed by atoms with E-state index in [1.165, 1.54) is 12.8 Å². The fraction of sp³-hybridized carbons (Fsp3) is 0.929. The predicted molar refractivity (Wildman–Crippen MR) is 68.1 cm³/mol. The lowest BCUT2D eigenvalue weighted by Gasteiger charge is -2.31. The number of hydrogen-bond donors (Lipinski definition) is 0. The third-order valence-electron chi connectivity index (χ3n) is 4.13. The second-order valence-electron chi connectivity index (χ2n) is 5.38. The molecule has 2 fully saturated rings. The Balaban J connectivity index is 1.68. The Morgan fingerprint density at radius 3 is 2.41 bits per heavy atom. The fourth-order valence-corrected chi connectivity index (χ4v) is 3.07. The smallest absolute Gasteiger partial charge is 0.149 e. The molecular formula is C14H25NO2. The SMILES string of the molecule is CCOC1CCN(CC(=O)C2CCCC2)CC1. The molecule has 0 amide bonds. The highest BCUT2D eigenvalue weighted by Gasteiger charge is 2.26. The lowest BCUT2D eigenvalue weighted by atomic mass is 10.0. The van der Waals surface area contributed by atoms with E-state index < -0.39 is 0 Å². The number of nitrogens with zero attached hydrogens (tertiary/aromatic N) is 1. The first-order chi connectivity index (χ1) is 8.29. The fourth-order valence-electron chi connectivity index (χ4n) is 3.07. The number of rotatable bonds is 5. The summed E-state index contributed by atoms with van der Waals surface area (Å²) in [5.41, 5.74) is 0. The van der Waals surface area contributed by atoms with Crippen LogP contribution in [0.2, 0.25) is 0 Å². The molecule has 2 rings (SSSR count). The summed E-state index contributed by atoms with van der Waals surface area (Å²) in [7, 11) is 0. The minimum absolute atomic E-state index is 0.375. The van der Waals surface area contributed by atoms with Crippen molar-refractivity contribution in [2.45, 2.75) is 51.6 Å². The lowest BCUT2D eigenvalue weighted by Crippen LogP contribution is -2.41. The second-order valence-corrected chi connectivity index (χ2v) is 5.38. The molecule has 17 heavy (non-hydrogen) atoms. The Morgan fingerprint density at radius 1 is 1.18 bits per heavy atom. The number of ether oxygens (including phenoxy) is 1. The first kappa shape index (κ1) is 13.0. The van der Waals surface area contributed by atoms with Gasteiger partial charge in [0.15, 0.2) is 0 Å². The Morgan fingerprint density at radius 2 is 1.82 bits per heavy atom. The van der Waals surface area contributed by atoms with Crippen molar-refractivity contribution in [2.75, 3.05) is 26.2 Å². The molecule has 1 heterocycles. The van der Waals surface area contributed by atoms with Crippen LogP contribution in [0.25, 0.3) is 0 Å². The lowest BCUT2D eigenvalue weighted by molar-refractivity contribution is -0.124. The summed E-state index contributed by atoms with van der Waals surface area (Å²) in [5.74, 6) is 0.858. The van der Waals surface area contributed by atoms with Gasteiger partial charge in [-0.3, -0.25) is 9.69 Å². The minimum atomic E-state index is 0.375. The average molecular weight is 239 g/mol. The molecule has 98 valence electrons. The van der Waals surface area contributed by atoms with Gasteiger partial charge < -0.3 is 4.74 Å². The first-order valence-electron chi connectivity index (χ1n) is 7.16. The number of hydrogen-bond acceptors (Lipinski definition) is 3. The van der Waals surface area contributed by atoms with E-state index in [-0.39, 0.29) is 0 Å². The zero-order chi connectivity index (χ0) is 12.1. The number of piperidine rings is 1. The van der Waals surface area contributed by atoms with Crippen LogP contribution in [0.15, 0.2) is 0 Å². The van der Waals surface area contributed by atoms with Crippen LogP contribution < -0.4 is 0 Å². The molecule has 1 saturated carbocycles. The molecular weight excluding hydrogens is 214 g/mol. The van der Waals surface area contributed by atoms with Crippen LogP contribution in [0.4, 0.5) is 0 Å². The molecule has 0 unspecified atom stereocenters. The maximum Gasteiger partial charge on any atom is 0.149 e. The molecule has 3 nitrogen and oxygen atoms in total. The van der Waals surface area contributed by atoms with Gasteiger partial charge in [0.1, 0.15) is 5.78 Å². The second kappa shape index (κ2) is 6.50. The van der Waals surface area contributed by atoms with Gasteiger partial charge in [-0.15, -0.1) is 0 Å². The first-order valence-corrected chi connectivity index (χ1v) is 7.16. The van der Waals surface area contributed by atoms with Crippen LogP contribution in [0, 0.1) is 5.92 Å². The van der Waals surface area contributed by atoms with Crippen LogP contribution in [0.3, 0.4) is 0 Å². The molecule has 1 aliphatic carbocycles. The molecule has 0 aromatic heterocycles. The third kappa shape index (κ3) is 3.78. The Kier molecular flexibility index (Phi) is 4.99. The number of ketones is 1. The molecule has 0 radical (unpaired) electrons. The van der Waals surface area contributed by atoms with Crippen LogP contribution in [0.5, 0.6) is 0 Å². The van der Waals surface area contributed by atoms with Crippen LogP contribution >= 0.6 is 0 Å². The minimum Gasteiger partial charge on any atom is -0.378 e. The zero-order valence-corrected chi connectivity index (χ0v) is 11.0. The average Bonchev–Trinajstić information content (AvgIpc) is 2.86. The van der Waals surface area contributed by atoms with Crippen molar-refractivity contribution in [3.63, 3.8) is 0 Å². The Hall–Kier alpha value is -0.410. The van der Waals surface area contributed by atoms with Gasteiger partial charge >= 0.3 is 0 Å². The number of Topliss-reactive ketones (excluding diaryl/α,β-unsaturated/α-hetero) is 1. The largest absolute Gasteiger partial charge is 0.378 e. The zero-order valence-electron chi connectivity index (χ0n) is 11.0. The molecule has 0 bridgehead atoms. The number of likely N-dealkylation sites (tertiary alicyclic amines) is 1. The normalized spacial score (nSPS) is 24.3. The van der Waals surface area contributed by atoms with Crippen molar-refractivity contribution in [3.05, 3.63) is 0 Å². The van der Waals surface area contributed by atoms with Gasteiger partial charge in [0.25, 0.3) is 0 Å². The van der Waals surface area contributed by atoms with Crippen molar-refractivity contribution >= 4 is 5.78 Å². The van der Waals surface area contributed by atoms with E-state index in [2.05, 4.69) is 11.8 Å². The van der Waals surface area contributed by atoms with Gasteiger partial charge in [0.2, 0.25) is 0 Å². The van der Waals surface area contributed by atoms with Gasteiger partial charge in [0, 0.05) is 25.6 Å². The van der Waals surface area contributed by atoms with E-state index in [0.29, 0.717) is 24.3 Å². The molecule has 1 saturated heterocycles. The molecule has 0 N–H and O–H groups in total. The quantitative estimate of drug-likeness (QED) is 0.737. The topological polar surface area (TPSA) is 29.5 Å². The highest BCUT2D eigenvalue weighted by atomic mass is 16.5. The van der Waals surface area contributed by atoms with Gasteiger partial charge in [-0.2, -0.15) is 0 Å². The van der Waals surface area contributed by atoms with E-state index in [9.17, 15) is 4.79 Å². The maximum absolute atomic E-state index is 12.0. The summed E-state index contributed by atoms with van der Waals surface area (Å²) in [4.78, 5) is 14.4. The molecule has 0 atom stereocenters. The van der Waals surface area contributed by atoms with Gasteiger partial charge in [-0.05, 0) is 32.6 Å². The number of carbonyl (C=O) groups excluding carboxylic acids is 1. The molecule has 3 heteroatoms. The van der Waals surface area contributed by atoms with Crippen molar-refractivity contribution in [1.29, 1.82) is 0 Å². The van der Waals surface area contributed by atoms with Gasteiger partial charge in [0.05, 0.1) is 12.6 Å². The molecule has 1 aliphatic heterocycles. The Bertz CT molecular complexity index is 241. The van der Waals surface area contributed by atoms with Gasteiger partial charge in [-0.25, -0.2) is 0 Å². The summed E-state index contributed by atoms with van der Waals surface area (Å²) >= 11 is 0. The standard InChI is InChI=1S/C14H25NO2/c1-2-17-13-7-9-15(10-8-13)11-14(16)12-5-3-4-6-12/h12-13H,2-11H2,1H3. The molecule has 0 aromatic rings. The summed E-state index contributed by atoms with van der Waals surface area (Å²) in [5, 5.41) is 0. The van der Waals surface area contributed by atoms with Crippen molar-refractivity contribution in [3.8, 4) is 0 Å². The van der Waals surface area contributed by atoms with Crippen molar-refractivity contribution < 1.29 is 9.53 Å². The summed E-state index contributed by atoms with van der Waals surface area (Å²) in [6.45, 7) is 5.61. The van der Waals surface area contributed by atoms with E-state index in [4.69, 9.17) is 4.74 Å². The summed E-state index contributed by atoms with van der Waals surface area (Å²) in [6.07, 6.45) is 7.38. The summed E-state index contributed by atoms with van der Waals surface area (Å²) in [6, 6.07) is 0. The van der Waals surface area contributed by atoms with E-state index in [0.717, 1.165) is 45.4 Å². The van der Waals surface area contributed by atoms with E-state index >= 15 is 0 Å². The van der Waals surface area contributed by atoms with E-state index in [1.807, 2.05) is 0 Å².